The van der Waals surface area contributed by atoms with Crippen LogP contribution in [0.3, 0.4) is 0 Å². The Hall–Kier alpha value is -4.54. The quantitative estimate of drug-likeness (QED) is 0.204. The Balaban J connectivity index is 1.55. The Morgan fingerprint density at radius 1 is 1.02 bits per heavy atom. The number of allylic oxidation sites excluding steroid dienone is 1. The Morgan fingerprint density at radius 3 is 2.39 bits per heavy atom. The van der Waals surface area contributed by atoms with Crippen LogP contribution in [0.2, 0.25) is 0 Å². The zero-order valence-corrected chi connectivity index (χ0v) is 26.9. The second-order valence-electron chi connectivity index (χ2n) is 10.5. The smallest absolute Gasteiger partial charge is 0.338 e. The zero-order valence-electron chi connectivity index (χ0n) is 24.5. The highest BCUT2D eigenvalue weighted by molar-refractivity contribution is 9.10. The van der Waals surface area contributed by atoms with Crippen molar-refractivity contribution in [1.29, 1.82) is 0 Å². The minimum atomic E-state index is -0.719. The molecule has 0 spiro atoms. The molecule has 1 atom stereocenters. The number of aromatic nitrogens is 3. The Bertz CT molecular complexity index is 2060. The predicted octanol–water partition coefficient (Wildman–Crippen LogP) is 5.81. The molecule has 6 rings (SSSR count). The molecule has 44 heavy (non-hydrogen) atoms. The van der Waals surface area contributed by atoms with Gasteiger partial charge < -0.3 is 9.47 Å². The third-order valence-electron chi connectivity index (χ3n) is 7.18. The monoisotopic (exact) mass is 668 g/mol. The molecule has 5 aromatic rings. The maximum absolute atomic E-state index is 14.2. The van der Waals surface area contributed by atoms with E-state index in [1.165, 1.54) is 11.3 Å². The summed E-state index contributed by atoms with van der Waals surface area (Å²) in [7, 11) is 1.59. The third kappa shape index (κ3) is 5.70. The van der Waals surface area contributed by atoms with Crippen LogP contribution >= 0.6 is 27.3 Å². The number of hydrogen-bond donors (Lipinski definition) is 0. The third-order valence-corrected chi connectivity index (χ3v) is 8.70. The SMILES string of the molecule is COc1ccc(C2C(C(=O)OC(C)C)=C(C)N=c3s/c(=C/c4cn(-c5ccccc5)nc4-c4ccc(Br)cc4)c(=O)n32)cc1. The largest absolute Gasteiger partial charge is 0.497 e. The summed E-state index contributed by atoms with van der Waals surface area (Å²) in [5, 5.41) is 4.90. The summed E-state index contributed by atoms with van der Waals surface area (Å²) in [6.45, 7) is 5.37. The molecule has 8 nitrogen and oxygen atoms in total. The fraction of sp³-hybridized carbons (Fsp3) is 0.176. The van der Waals surface area contributed by atoms with Gasteiger partial charge in [-0.3, -0.25) is 9.36 Å². The number of esters is 1. The summed E-state index contributed by atoms with van der Waals surface area (Å²) < 4.78 is 15.8. The van der Waals surface area contributed by atoms with Crippen LogP contribution in [-0.4, -0.2) is 33.5 Å². The Labute approximate surface area is 266 Å². The molecule has 1 aliphatic rings. The molecule has 0 saturated heterocycles. The van der Waals surface area contributed by atoms with E-state index < -0.39 is 12.0 Å². The first-order valence-electron chi connectivity index (χ1n) is 14.0. The van der Waals surface area contributed by atoms with Crippen molar-refractivity contribution in [3.63, 3.8) is 0 Å². The Kier molecular flexibility index (Phi) is 8.20. The van der Waals surface area contributed by atoms with Crippen molar-refractivity contribution < 1.29 is 14.3 Å². The number of carbonyl (C=O) groups is 1. The molecule has 0 fully saturated rings. The number of ether oxygens (including phenoxy) is 2. The average molecular weight is 670 g/mol. The number of hydrogen-bond acceptors (Lipinski definition) is 7. The summed E-state index contributed by atoms with van der Waals surface area (Å²) in [4.78, 5) is 32.9. The van der Waals surface area contributed by atoms with Gasteiger partial charge in [-0.05, 0) is 68.8 Å². The molecule has 3 aromatic carbocycles. The summed E-state index contributed by atoms with van der Waals surface area (Å²) in [6.07, 6.45) is 3.44. The zero-order chi connectivity index (χ0) is 31.0. The molecule has 1 aliphatic heterocycles. The second-order valence-corrected chi connectivity index (χ2v) is 12.5. The summed E-state index contributed by atoms with van der Waals surface area (Å²) in [5.74, 6) is 0.169. The normalized spacial score (nSPS) is 14.9. The van der Waals surface area contributed by atoms with Crippen molar-refractivity contribution in [3.05, 3.63) is 132 Å². The first-order chi connectivity index (χ1) is 21.2. The summed E-state index contributed by atoms with van der Waals surface area (Å²) in [5.41, 5.74) is 4.64. The van der Waals surface area contributed by atoms with Crippen molar-refractivity contribution in [2.75, 3.05) is 7.11 Å². The number of fused-ring (bicyclic) bond motifs is 1. The van der Waals surface area contributed by atoms with Crippen LogP contribution in [0.5, 0.6) is 5.75 Å². The molecule has 10 heteroatoms. The second kappa shape index (κ2) is 12.2. The lowest BCUT2D eigenvalue weighted by molar-refractivity contribution is -0.143. The van der Waals surface area contributed by atoms with Crippen LogP contribution in [0.15, 0.2) is 111 Å². The standard InChI is InChI=1S/C34H29BrN4O4S/c1-20(2)43-33(41)29-21(3)36-34-39(31(29)23-12-16-27(42-4)17-13-23)32(40)28(44-34)18-24-19-38(26-8-6-5-7-9-26)37-30(24)22-10-14-25(35)15-11-22/h5-20,31H,1-4H3/b28-18+. The van der Waals surface area contributed by atoms with Gasteiger partial charge in [0.05, 0.1) is 46.4 Å². The van der Waals surface area contributed by atoms with E-state index in [-0.39, 0.29) is 11.7 Å². The van der Waals surface area contributed by atoms with Crippen LogP contribution in [-0.2, 0) is 9.53 Å². The molecule has 0 aliphatic carbocycles. The van der Waals surface area contributed by atoms with Crippen molar-refractivity contribution in [1.82, 2.24) is 14.3 Å². The van der Waals surface area contributed by atoms with Gasteiger partial charge in [0, 0.05) is 21.8 Å². The van der Waals surface area contributed by atoms with E-state index in [2.05, 4.69) is 15.9 Å². The minimum absolute atomic E-state index is 0.258. The van der Waals surface area contributed by atoms with Crippen molar-refractivity contribution in [3.8, 4) is 22.7 Å². The number of benzene rings is 3. The van der Waals surface area contributed by atoms with Gasteiger partial charge in [0.15, 0.2) is 4.80 Å². The van der Waals surface area contributed by atoms with Crippen LogP contribution in [0.25, 0.3) is 23.0 Å². The molecule has 0 radical (unpaired) electrons. The van der Waals surface area contributed by atoms with Crippen LogP contribution in [0.4, 0.5) is 0 Å². The van der Waals surface area contributed by atoms with E-state index in [1.807, 2.05) is 95.8 Å². The number of para-hydroxylation sites is 1. The molecule has 3 heterocycles. The van der Waals surface area contributed by atoms with Crippen LogP contribution in [0.1, 0.15) is 37.9 Å². The van der Waals surface area contributed by atoms with Crippen molar-refractivity contribution in [2.45, 2.75) is 32.9 Å². The van der Waals surface area contributed by atoms with Gasteiger partial charge in [0.25, 0.3) is 5.56 Å². The van der Waals surface area contributed by atoms with Gasteiger partial charge in [-0.15, -0.1) is 0 Å². The van der Waals surface area contributed by atoms with Crippen LogP contribution in [0, 0.1) is 0 Å². The summed E-state index contributed by atoms with van der Waals surface area (Å²) in [6, 6.07) is 24.3. The lowest BCUT2D eigenvalue weighted by atomic mass is 9.96. The van der Waals surface area contributed by atoms with Gasteiger partial charge in [-0.1, -0.05) is 69.7 Å². The lowest BCUT2D eigenvalue weighted by Crippen LogP contribution is -2.40. The van der Waals surface area contributed by atoms with E-state index in [0.29, 0.717) is 26.4 Å². The molecule has 0 bridgehead atoms. The van der Waals surface area contributed by atoms with E-state index in [9.17, 15) is 9.59 Å². The highest BCUT2D eigenvalue weighted by Gasteiger charge is 2.34. The maximum Gasteiger partial charge on any atom is 0.338 e. The lowest BCUT2D eigenvalue weighted by Gasteiger charge is -2.25. The van der Waals surface area contributed by atoms with Crippen LogP contribution < -0.4 is 19.6 Å². The highest BCUT2D eigenvalue weighted by atomic mass is 79.9. The topological polar surface area (TPSA) is 87.7 Å². The first-order valence-corrected chi connectivity index (χ1v) is 15.6. The average Bonchev–Trinajstić information content (AvgIpc) is 3.57. The number of halogens is 1. The van der Waals surface area contributed by atoms with Gasteiger partial charge >= 0.3 is 5.97 Å². The van der Waals surface area contributed by atoms with Gasteiger partial charge in [0.1, 0.15) is 5.75 Å². The van der Waals surface area contributed by atoms with Gasteiger partial charge in [0.2, 0.25) is 0 Å². The minimum Gasteiger partial charge on any atom is -0.497 e. The number of carbonyl (C=O) groups excluding carboxylic acids is 1. The van der Waals surface area contributed by atoms with E-state index in [1.54, 1.807) is 32.4 Å². The molecular formula is C34H29BrN4O4S. The number of nitrogens with zero attached hydrogens (tertiary/aromatic N) is 4. The summed E-state index contributed by atoms with van der Waals surface area (Å²) >= 11 is 4.79. The maximum atomic E-state index is 14.2. The van der Waals surface area contributed by atoms with E-state index in [0.717, 1.165) is 32.5 Å². The molecule has 1 unspecified atom stereocenters. The number of methoxy groups -OCH3 is 1. The Morgan fingerprint density at radius 2 is 1.73 bits per heavy atom. The van der Waals surface area contributed by atoms with Gasteiger partial charge in [-0.2, -0.15) is 5.10 Å². The fourth-order valence-corrected chi connectivity index (χ4v) is 6.44. The predicted molar refractivity (Wildman–Crippen MR) is 175 cm³/mol. The van der Waals surface area contributed by atoms with E-state index in [4.69, 9.17) is 19.6 Å². The number of thiazole rings is 1. The molecular weight excluding hydrogens is 640 g/mol. The highest BCUT2D eigenvalue weighted by Crippen LogP contribution is 2.32. The van der Waals surface area contributed by atoms with Crippen molar-refractivity contribution in [2.24, 2.45) is 4.99 Å². The molecule has 222 valence electrons. The molecule has 0 saturated carbocycles. The molecule has 2 aromatic heterocycles. The molecule has 0 amide bonds. The number of rotatable bonds is 7. The van der Waals surface area contributed by atoms with Gasteiger partial charge in [-0.25, -0.2) is 14.5 Å². The molecule has 0 N–H and O–H groups in total. The fourth-order valence-electron chi connectivity index (χ4n) is 5.14. The van der Waals surface area contributed by atoms with Crippen molar-refractivity contribution >= 4 is 39.3 Å². The van der Waals surface area contributed by atoms with E-state index >= 15 is 0 Å². The first kappa shape index (κ1) is 29.5.